The Bertz CT molecular complexity index is 803. The van der Waals surface area contributed by atoms with Gasteiger partial charge in [0.2, 0.25) is 6.79 Å². The molecule has 160 valence electrons. The van der Waals surface area contributed by atoms with Crippen molar-refractivity contribution in [3.8, 4) is 11.5 Å². The number of β-amino-alcohol motifs (C(OH)–C–C–N with tert-alkyl or cyclic N) is 1. The molecule has 0 bridgehead atoms. The van der Waals surface area contributed by atoms with E-state index in [1.54, 1.807) is 12.1 Å². The monoisotopic (exact) mass is 444 g/mol. The maximum absolute atomic E-state index is 13.6. The van der Waals surface area contributed by atoms with Crippen LogP contribution in [0.2, 0.25) is 0 Å². The Balaban J connectivity index is 0.00000150. The van der Waals surface area contributed by atoms with Crippen molar-refractivity contribution in [3.05, 3.63) is 59.4 Å². The Labute approximate surface area is 183 Å². The van der Waals surface area contributed by atoms with Gasteiger partial charge in [0.15, 0.2) is 11.5 Å². The van der Waals surface area contributed by atoms with Crippen LogP contribution in [0.1, 0.15) is 24.0 Å². The Morgan fingerprint density at radius 3 is 2.52 bits per heavy atom. The van der Waals surface area contributed by atoms with Crippen molar-refractivity contribution in [2.75, 3.05) is 26.4 Å². The summed E-state index contributed by atoms with van der Waals surface area (Å²) in [6, 6.07) is 12.5. The van der Waals surface area contributed by atoms with E-state index < -0.39 is 5.60 Å². The SMILES string of the molecule is Cl.Cl.OC1(CN(Cc2cccc(F)c2)Cc2ccc3c(c2)OCO3)CCCNC1. The molecule has 0 radical (unpaired) electrons. The van der Waals surface area contributed by atoms with Gasteiger partial charge in [-0.3, -0.25) is 4.90 Å². The van der Waals surface area contributed by atoms with Crippen LogP contribution in [0.4, 0.5) is 4.39 Å². The highest BCUT2D eigenvalue weighted by molar-refractivity contribution is 5.85. The molecule has 29 heavy (non-hydrogen) atoms. The number of aliphatic hydroxyl groups is 1. The Kier molecular flexibility index (Phi) is 8.55. The fraction of sp³-hybridized carbons (Fsp3) is 0.429. The maximum atomic E-state index is 13.6. The zero-order chi connectivity index (χ0) is 18.7. The molecule has 1 saturated heterocycles. The number of benzene rings is 2. The maximum Gasteiger partial charge on any atom is 0.231 e. The first-order chi connectivity index (χ1) is 13.1. The summed E-state index contributed by atoms with van der Waals surface area (Å²) in [5.74, 6) is 1.26. The van der Waals surface area contributed by atoms with Crippen LogP contribution in [0.15, 0.2) is 42.5 Å². The molecule has 2 aromatic carbocycles. The quantitative estimate of drug-likeness (QED) is 0.713. The molecule has 0 aliphatic carbocycles. The lowest BCUT2D eigenvalue weighted by Crippen LogP contribution is -2.52. The standard InChI is InChI=1S/C21H25FN2O3.2ClH/c22-18-4-1-3-16(9-18)11-24(14-21(25)7-2-8-23-13-21)12-17-5-6-19-20(10-17)27-15-26-19;;/h1,3-6,9-10,23,25H,2,7-8,11-15H2;2*1H. The first-order valence-corrected chi connectivity index (χ1v) is 9.38. The third kappa shape index (κ3) is 6.20. The molecule has 0 saturated carbocycles. The second-order valence-electron chi connectivity index (χ2n) is 7.47. The Morgan fingerprint density at radius 2 is 1.79 bits per heavy atom. The lowest BCUT2D eigenvalue weighted by Gasteiger charge is -2.37. The summed E-state index contributed by atoms with van der Waals surface area (Å²) < 4.78 is 24.5. The van der Waals surface area contributed by atoms with Crippen molar-refractivity contribution >= 4 is 24.8 Å². The third-order valence-electron chi connectivity index (χ3n) is 5.11. The van der Waals surface area contributed by atoms with Crippen molar-refractivity contribution < 1.29 is 19.0 Å². The number of nitrogens with one attached hydrogen (secondary N) is 1. The van der Waals surface area contributed by atoms with E-state index in [4.69, 9.17) is 9.47 Å². The number of hydrogen-bond donors (Lipinski definition) is 2. The fourth-order valence-electron chi connectivity index (χ4n) is 3.86. The first kappa shape index (κ1) is 23.7. The highest BCUT2D eigenvalue weighted by atomic mass is 35.5. The van der Waals surface area contributed by atoms with E-state index in [-0.39, 0.29) is 37.4 Å². The minimum atomic E-state index is -0.776. The summed E-state index contributed by atoms with van der Waals surface area (Å²) in [5, 5.41) is 14.3. The van der Waals surface area contributed by atoms with E-state index in [0.29, 0.717) is 26.2 Å². The van der Waals surface area contributed by atoms with Gasteiger partial charge in [-0.25, -0.2) is 4.39 Å². The van der Waals surface area contributed by atoms with Gasteiger partial charge in [0, 0.05) is 26.2 Å². The number of nitrogens with zero attached hydrogens (tertiary/aromatic N) is 1. The normalized spacial score (nSPS) is 20.1. The summed E-state index contributed by atoms with van der Waals surface area (Å²) in [6.07, 6.45) is 1.72. The van der Waals surface area contributed by atoms with Gasteiger partial charge in [-0.15, -0.1) is 24.8 Å². The van der Waals surface area contributed by atoms with Crippen molar-refractivity contribution in [1.82, 2.24) is 10.2 Å². The van der Waals surface area contributed by atoms with Crippen LogP contribution in [-0.4, -0.2) is 42.0 Å². The second kappa shape index (κ2) is 10.5. The average Bonchev–Trinajstić information content (AvgIpc) is 3.10. The third-order valence-corrected chi connectivity index (χ3v) is 5.11. The molecule has 2 N–H and O–H groups in total. The number of ether oxygens (including phenoxy) is 2. The van der Waals surface area contributed by atoms with E-state index in [9.17, 15) is 9.50 Å². The van der Waals surface area contributed by atoms with E-state index in [2.05, 4.69) is 10.2 Å². The fourth-order valence-corrected chi connectivity index (χ4v) is 3.86. The number of fused-ring (bicyclic) bond motifs is 1. The minimum absolute atomic E-state index is 0. The molecule has 2 heterocycles. The smallest absolute Gasteiger partial charge is 0.231 e. The molecule has 2 aliphatic heterocycles. The van der Waals surface area contributed by atoms with E-state index in [1.165, 1.54) is 6.07 Å². The summed E-state index contributed by atoms with van der Waals surface area (Å²) >= 11 is 0. The number of rotatable bonds is 6. The predicted octanol–water partition coefficient (Wildman–Crippen LogP) is 3.51. The lowest BCUT2D eigenvalue weighted by molar-refractivity contribution is -0.0194. The van der Waals surface area contributed by atoms with E-state index in [1.807, 2.05) is 24.3 Å². The molecule has 0 aromatic heterocycles. The molecule has 5 nitrogen and oxygen atoms in total. The topological polar surface area (TPSA) is 54.0 Å². The minimum Gasteiger partial charge on any atom is -0.454 e. The molecular weight excluding hydrogens is 418 g/mol. The number of halogens is 3. The predicted molar refractivity (Wildman–Crippen MR) is 115 cm³/mol. The molecule has 0 amide bonds. The van der Waals surface area contributed by atoms with Crippen LogP contribution in [0.25, 0.3) is 0 Å². The summed E-state index contributed by atoms with van der Waals surface area (Å²) in [7, 11) is 0. The van der Waals surface area contributed by atoms with Crippen LogP contribution < -0.4 is 14.8 Å². The largest absolute Gasteiger partial charge is 0.454 e. The van der Waals surface area contributed by atoms with Crippen molar-refractivity contribution in [3.63, 3.8) is 0 Å². The summed E-state index contributed by atoms with van der Waals surface area (Å²) in [5.41, 5.74) is 1.19. The van der Waals surface area contributed by atoms with Crippen LogP contribution in [-0.2, 0) is 13.1 Å². The van der Waals surface area contributed by atoms with Gasteiger partial charge in [-0.2, -0.15) is 0 Å². The highest BCUT2D eigenvalue weighted by Gasteiger charge is 2.31. The van der Waals surface area contributed by atoms with Gasteiger partial charge in [-0.05, 0) is 54.8 Å². The molecule has 4 rings (SSSR count). The molecule has 0 spiro atoms. The molecule has 8 heteroatoms. The molecular formula is C21H27Cl2FN2O3. The van der Waals surface area contributed by atoms with E-state index >= 15 is 0 Å². The average molecular weight is 445 g/mol. The van der Waals surface area contributed by atoms with Crippen molar-refractivity contribution in [1.29, 1.82) is 0 Å². The second-order valence-corrected chi connectivity index (χ2v) is 7.47. The number of piperidine rings is 1. The highest BCUT2D eigenvalue weighted by Crippen LogP contribution is 2.33. The van der Waals surface area contributed by atoms with Crippen LogP contribution >= 0.6 is 24.8 Å². The van der Waals surface area contributed by atoms with Crippen LogP contribution in [0.3, 0.4) is 0 Å². The zero-order valence-electron chi connectivity index (χ0n) is 16.1. The summed E-state index contributed by atoms with van der Waals surface area (Å²) in [4.78, 5) is 2.17. The molecule has 1 unspecified atom stereocenters. The van der Waals surface area contributed by atoms with Gasteiger partial charge in [0.1, 0.15) is 5.82 Å². The first-order valence-electron chi connectivity index (χ1n) is 9.38. The van der Waals surface area contributed by atoms with Crippen molar-refractivity contribution in [2.24, 2.45) is 0 Å². The summed E-state index contributed by atoms with van der Waals surface area (Å²) in [6.45, 7) is 3.48. The Hall–Kier alpha value is -1.57. The molecule has 1 fully saturated rings. The van der Waals surface area contributed by atoms with Gasteiger partial charge >= 0.3 is 0 Å². The number of hydrogen-bond acceptors (Lipinski definition) is 5. The molecule has 2 aliphatic rings. The van der Waals surface area contributed by atoms with E-state index in [0.717, 1.165) is 42.0 Å². The lowest BCUT2D eigenvalue weighted by atomic mass is 9.93. The zero-order valence-corrected chi connectivity index (χ0v) is 17.7. The van der Waals surface area contributed by atoms with Gasteiger partial charge in [0.05, 0.1) is 5.60 Å². The van der Waals surface area contributed by atoms with Gasteiger partial charge in [-0.1, -0.05) is 18.2 Å². The van der Waals surface area contributed by atoms with Crippen molar-refractivity contribution in [2.45, 2.75) is 31.5 Å². The molecule has 2 aromatic rings. The van der Waals surface area contributed by atoms with Gasteiger partial charge in [0.25, 0.3) is 0 Å². The van der Waals surface area contributed by atoms with Crippen LogP contribution in [0, 0.1) is 5.82 Å². The molecule has 1 atom stereocenters. The van der Waals surface area contributed by atoms with Gasteiger partial charge < -0.3 is 19.9 Å². The van der Waals surface area contributed by atoms with Crippen LogP contribution in [0.5, 0.6) is 11.5 Å². The Morgan fingerprint density at radius 1 is 1.03 bits per heavy atom.